The van der Waals surface area contributed by atoms with E-state index >= 15 is 0 Å². The van der Waals surface area contributed by atoms with Gasteiger partial charge in [0.2, 0.25) is 11.8 Å². The smallest absolute Gasteiger partial charge is 0.328 e. The molecule has 3 N–H and O–H groups in total. The largest absolute Gasteiger partial charge is 0.467 e. The summed E-state index contributed by atoms with van der Waals surface area (Å²) >= 11 is 0. The first kappa shape index (κ1) is 26.7. The lowest BCUT2D eigenvalue weighted by molar-refractivity contribution is -0.147. The van der Waals surface area contributed by atoms with E-state index in [0.29, 0.717) is 6.07 Å². The molecule has 0 unspecified atom stereocenters. The molecule has 2 rings (SSSR count). The van der Waals surface area contributed by atoms with Gasteiger partial charge in [-0.2, -0.15) is 0 Å². The third-order valence-corrected chi connectivity index (χ3v) is 5.23. The Balaban J connectivity index is 2.16. The van der Waals surface area contributed by atoms with Crippen molar-refractivity contribution < 1.29 is 32.7 Å². The zero-order chi connectivity index (χ0) is 25.6. The van der Waals surface area contributed by atoms with E-state index in [4.69, 9.17) is 4.74 Å². The van der Waals surface area contributed by atoms with Gasteiger partial charge in [0, 0.05) is 18.7 Å². The Hall–Kier alpha value is -3.50. The Morgan fingerprint density at radius 2 is 1.85 bits per heavy atom. The topological polar surface area (TPSA) is 117 Å². The summed E-state index contributed by atoms with van der Waals surface area (Å²) < 4.78 is 31.7. The first-order valence-corrected chi connectivity index (χ1v) is 10.8. The van der Waals surface area contributed by atoms with E-state index in [1.807, 2.05) is 0 Å². The summed E-state index contributed by atoms with van der Waals surface area (Å²) in [6, 6.07) is -0.557. The normalized spacial score (nSPS) is 18.2. The summed E-state index contributed by atoms with van der Waals surface area (Å²) in [4.78, 5) is 51.5. The van der Waals surface area contributed by atoms with E-state index in [2.05, 4.69) is 16.0 Å². The molecular formula is C23H30F2N4O5. The Bertz CT molecular complexity index is 978. The van der Waals surface area contributed by atoms with Gasteiger partial charge in [-0.3, -0.25) is 9.59 Å². The highest BCUT2D eigenvalue weighted by Crippen LogP contribution is 2.21. The van der Waals surface area contributed by atoms with Crippen molar-refractivity contribution in [1.29, 1.82) is 0 Å². The molecule has 3 atom stereocenters. The monoisotopic (exact) mass is 480 g/mol. The maximum atomic E-state index is 13.8. The highest BCUT2D eigenvalue weighted by atomic mass is 19.1. The van der Waals surface area contributed by atoms with Gasteiger partial charge in [0.05, 0.1) is 18.8 Å². The molecule has 0 aliphatic carbocycles. The number of urea groups is 1. The maximum absolute atomic E-state index is 13.8. The van der Waals surface area contributed by atoms with Crippen LogP contribution in [0.15, 0.2) is 29.8 Å². The molecule has 1 aliphatic rings. The molecular weight excluding hydrogens is 450 g/mol. The van der Waals surface area contributed by atoms with Crippen molar-refractivity contribution in [3.63, 3.8) is 0 Å². The standard InChI is InChI=1S/C23H30F2N4O5/c1-12(2)8-19(30)29-11-15(26-23(33)27-17-7-6-14(24)9-16(17)25)10-18(29)21(31)28-20(13(3)4)22(32)34-5/h6-9,13,15,18,20H,10-11H2,1-5H3,(H,28,31)(H2,26,27,33)/t15-,18-,20+/m0/s1. The fourth-order valence-electron chi connectivity index (χ4n) is 3.57. The quantitative estimate of drug-likeness (QED) is 0.409. The van der Waals surface area contributed by atoms with Crippen LogP contribution in [0.2, 0.25) is 0 Å². The van der Waals surface area contributed by atoms with Gasteiger partial charge in [-0.25, -0.2) is 18.4 Å². The summed E-state index contributed by atoms with van der Waals surface area (Å²) in [7, 11) is 1.21. The van der Waals surface area contributed by atoms with Crippen LogP contribution >= 0.6 is 0 Å². The number of nitrogens with zero attached hydrogens (tertiary/aromatic N) is 1. The lowest BCUT2D eigenvalue weighted by Crippen LogP contribution is -2.52. The van der Waals surface area contributed by atoms with Gasteiger partial charge in [-0.15, -0.1) is 0 Å². The summed E-state index contributed by atoms with van der Waals surface area (Å²) in [5, 5.41) is 7.52. The first-order chi connectivity index (χ1) is 15.9. The molecule has 11 heteroatoms. The number of hydrogen-bond donors (Lipinski definition) is 3. The summed E-state index contributed by atoms with van der Waals surface area (Å²) in [5.41, 5.74) is 0.501. The molecule has 1 aromatic carbocycles. The third-order valence-electron chi connectivity index (χ3n) is 5.23. The second-order valence-corrected chi connectivity index (χ2v) is 8.64. The zero-order valence-corrected chi connectivity index (χ0v) is 19.8. The first-order valence-electron chi connectivity index (χ1n) is 10.8. The summed E-state index contributed by atoms with van der Waals surface area (Å²) in [5.74, 6) is -3.58. The number of benzene rings is 1. The molecule has 0 bridgehead atoms. The van der Waals surface area contributed by atoms with Crippen molar-refractivity contribution >= 4 is 29.5 Å². The highest BCUT2D eigenvalue weighted by molar-refractivity contribution is 5.95. The third kappa shape index (κ3) is 7.00. The molecule has 1 saturated heterocycles. The molecule has 9 nitrogen and oxygen atoms in total. The van der Waals surface area contributed by atoms with Crippen molar-refractivity contribution in [1.82, 2.24) is 15.5 Å². The van der Waals surface area contributed by atoms with Gasteiger partial charge in [-0.05, 0) is 38.3 Å². The average molecular weight is 481 g/mol. The number of ether oxygens (including phenoxy) is 1. The second-order valence-electron chi connectivity index (χ2n) is 8.64. The molecule has 0 saturated carbocycles. The SMILES string of the molecule is COC(=O)[C@H](NC(=O)[C@@H]1C[C@H](NC(=O)Nc2ccc(F)cc2F)CN1C(=O)C=C(C)C)C(C)C. The van der Waals surface area contributed by atoms with E-state index in [9.17, 15) is 28.0 Å². The van der Waals surface area contributed by atoms with Gasteiger partial charge in [0.1, 0.15) is 23.7 Å². The zero-order valence-electron chi connectivity index (χ0n) is 19.8. The number of amides is 4. The van der Waals surface area contributed by atoms with E-state index < -0.39 is 53.6 Å². The number of anilines is 1. The lowest BCUT2D eigenvalue weighted by Gasteiger charge is -2.26. The highest BCUT2D eigenvalue weighted by Gasteiger charge is 2.41. The number of carbonyl (C=O) groups excluding carboxylic acids is 4. The van der Waals surface area contributed by atoms with Gasteiger partial charge in [0.15, 0.2) is 0 Å². The molecule has 186 valence electrons. The van der Waals surface area contributed by atoms with E-state index in [1.54, 1.807) is 27.7 Å². The fraction of sp³-hybridized carbons (Fsp3) is 0.478. The van der Waals surface area contributed by atoms with E-state index in [0.717, 1.165) is 17.7 Å². The number of carbonyl (C=O) groups is 4. The van der Waals surface area contributed by atoms with Crippen LogP contribution in [-0.2, 0) is 19.1 Å². The van der Waals surface area contributed by atoms with Gasteiger partial charge >= 0.3 is 12.0 Å². The van der Waals surface area contributed by atoms with Crippen LogP contribution in [-0.4, -0.2) is 60.5 Å². The minimum atomic E-state index is -0.957. The second kappa shape index (κ2) is 11.6. The van der Waals surface area contributed by atoms with E-state index in [-0.39, 0.29) is 24.6 Å². The molecule has 4 amide bonds. The van der Waals surface area contributed by atoms with Crippen LogP contribution in [0.4, 0.5) is 19.3 Å². The summed E-state index contributed by atoms with van der Waals surface area (Å²) in [6.45, 7) is 6.97. The van der Waals surface area contributed by atoms with Gasteiger partial charge < -0.3 is 25.6 Å². The van der Waals surface area contributed by atoms with Crippen molar-refractivity contribution in [2.24, 2.45) is 5.92 Å². The van der Waals surface area contributed by atoms with Crippen molar-refractivity contribution in [2.75, 3.05) is 19.0 Å². The fourth-order valence-corrected chi connectivity index (χ4v) is 3.57. The van der Waals surface area contributed by atoms with Crippen LogP contribution in [0, 0.1) is 17.6 Å². The Kier molecular flexibility index (Phi) is 9.11. The minimum absolute atomic E-state index is 0.0184. The summed E-state index contributed by atoms with van der Waals surface area (Å²) in [6.07, 6.45) is 1.44. The van der Waals surface area contributed by atoms with Crippen molar-refractivity contribution in [3.05, 3.63) is 41.5 Å². The number of halogens is 2. The van der Waals surface area contributed by atoms with Crippen LogP contribution in [0.25, 0.3) is 0 Å². The number of nitrogens with one attached hydrogen (secondary N) is 3. The molecule has 34 heavy (non-hydrogen) atoms. The molecule has 0 aromatic heterocycles. The Morgan fingerprint density at radius 1 is 1.18 bits per heavy atom. The number of esters is 1. The number of rotatable bonds is 7. The maximum Gasteiger partial charge on any atom is 0.328 e. The number of allylic oxidation sites excluding steroid dienone is 1. The lowest BCUT2D eigenvalue weighted by atomic mass is 10.0. The molecule has 1 fully saturated rings. The molecule has 1 heterocycles. The molecule has 1 aromatic rings. The van der Waals surface area contributed by atoms with E-state index in [1.165, 1.54) is 18.1 Å². The number of hydrogen-bond acceptors (Lipinski definition) is 5. The predicted octanol–water partition coefficient (Wildman–Crippen LogP) is 2.34. The van der Waals surface area contributed by atoms with Gasteiger partial charge in [0.25, 0.3) is 0 Å². The molecule has 0 radical (unpaired) electrons. The van der Waals surface area contributed by atoms with Gasteiger partial charge in [-0.1, -0.05) is 19.4 Å². The van der Waals surface area contributed by atoms with Crippen LogP contribution in [0.3, 0.4) is 0 Å². The molecule has 1 aliphatic heterocycles. The minimum Gasteiger partial charge on any atom is -0.467 e. The Labute approximate surface area is 196 Å². The average Bonchev–Trinajstić information content (AvgIpc) is 3.16. The van der Waals surface area contributed by atoms with Crippen molar-refractivity contribution in [2.45, 2.75) is 52.2 Å². The van der Waals surface area contributed by atoms with Crippen LogP contribution < -0.4 is 16.0 Å². The molecule has 0 spiro atoms. The number of likely N-dealkylation sites (tertiary alicyclic amines) is 1. The van der Waals surface area contributed by atoms with Crippen LogP contribution in [0.5, 0.6) is 0 Å². The van der Waals surface area contributed by atoms with Crippen LogP contribution in [0.1, 0.15) is 34.1 Å². The predicted molar refractivity (Wildman–Crippen MR) is 121 cm³/mol. The Morgan fingerprint density at radius 3 is 2.41 bits per heavy atom. The number of methoxy groups -OCH3 is 1. The van der Waals surface area contributed by atoms with Crippen molar-refractivity contribution in [3.8, 4) is 0 Å².